The van der Waals surface area contributed by atoms with Crippen LogP contribution in [-0.4, -0.2) is 17.0 Å². The molecule has 0 fully saturated rings. The quantitative estimate of drug-likeness (QED) is 0.312. The molecule has 0 heterocycles. The summed E-state index contributed by atoms with van der Waals surface area (Å²) in [6.07, 6.45) is 9.43. The fraction of sp³-hybridized carbons (Fsp3) is 0.364. The molecule has 2 heteroatoms. The number of hydrogen-bond acceptors (Lipinski definition) is 2. The van der Waals surface area contributed by atoms with E-state index in [1.54, 1.807) is 0 Å². The van der Waals surface area contributed by atoms with E-state index in [4.69, 9.17) is 0 Å². The van der Waals surface area contributed by atoms with Crippen molar-refractivity contribution in [3.05, 3.63) is 65.7 Å². The third-order valence-corrected chi connectivity index (χ3v) is 5.07. The van der Waals surface area contributed by atoms with Crippen LogP contribution < -0.4 is 0 Å². The van der Waals surface area contributed by atoms with E-state index < -0.39 is 0 Å². The van der Waals surface area contributed by atoms with Gasteiger partial charge >= 0.3 is 0 Å². The Hall–Kier alpha value is -1.51. The minimum atomic E-state index is -0.101. The van der Waals surface area contributed by atoms with Crippen LogP contribution in [0.25, 0.3) is 12.2 Å². The fourth-order valence-corrected chi connectivity index (χ4v) is 3.49. The Balaban J connectivity index is 1.69. The molecule has 0 amide bonds. The molecule has 1 unspecified atom stereocenters. The molecule has 0 aliphatic carbocycles. The number of unbranched alkanes of at least 4 members (excludes halogenated alkanes) is 1. The SMILES string of the molecule is CCCC(O)CCCCSc1ccc(/C=C/c2ccccc2)cc1. The number of thioether (sulfide) groups is 1. The number of aliphatic hydroxyl groups excluding tert-OH is 1. The molecule has 0 aliphatic heterocycles. The lowest BCUT2D eigenvalue weighted by molar-refractivity contribution is 0.151. The average molecular weight is 341 g/mol. The lowest BCUT2D eigenvalue weighted by Gasteiger charge is -2.08. The fourth-order valence-electron chi connectivity index (χ4n) is 2.58. The summed E-state index contributed by atoms with van der Waals surface area (Å²) >= 11 is 1.90. The summed E-state index contributed by atoms with van der Waals surface area (Å²) in [4.78, 5) is 1.32. The Morgan fingerprint density at radius 2 is 1.54 bits per heavy atom. The van der Waals surface area contributed by atoms with Gasteiger partial charge in [0, 0.05) is 4.90 Å². The second kappa shape index (κ2) is 11.1. The van der Waals surface area contributed by atoms with Gasteiger partial charge in [0.25, 0.3) is 0 Å². The van der Waals surface area contributed by atoms with Crippen molar-refractivity contribution in [3.63, 3.8) is 0 Å². The Morgan fingerprint density at radius 3 is 2.21 bits per heavy atom. The molecule has 0 radical (unpaired) electrons. The van der Waals surface area contributed by atoms with Crippen molar-refractivity contribution in [3.8, 4) is 0 Å². The van der Waals surface area contributed by atoms with E-state index in [9.17, 15) is 5.11 Å². The van der Waals surface area contributed by atoms with Crippen molar-refractivity contribution >= 4 is 23.9 Å². The smallest absolute Gasteiger partial charge is 0.0540 e. The van der Waals surface area contributed by atoms with Crippen molar-refractivity contribution in [1.29, 1.82) is 0 Å². The third kappa shape index (κ3) is 7.37. The number of benzene rings is 2. The maximum absolute atomic E-state index is 9.72. The molecule has 0 aliphatic rings. The Labute approximate surface area is 150 Å². The molecule has 128 valence electrons. The maximum atomic E-state index is 9.72. The van der Waals surface area contributed by atoms with E-state index in [-0.39, 0.29) is 6.10 Å². The molecule has 0 saturated heterocycles. The summed E-state index contributed by atoms with van der Waals surface area (Å²) < 4.78 is 0. The second-order valence-corrected chi connectivity index (χ2v) is 7.27. The second-order valence-electron chi connectivity index (χ2n) is 6.10. The molecule has 1 atom stereocenters. The molecule has 0 bridgehead atoms. The Morgan fingerprint density at radius 1 is 0.875 bits per heavy atom. The molecular weight excluding hydrogens is 312 g/mol. The van der Waals surface area contributed by atoms with Gasteiger partial charge in [0.05, 0.1) is 6.10 Å². The summed E-state index contributed by atoms with van der Waals surface area (Å²) in [7, 11) is 0. The van der Waals surface area contributed by atoms with Gasteiger partial charge in [0.15, 0.2) is 0 Å². The summed E-state index contributed by atoms with van der Waals surface area (Å²) in [5, 5.41) is 9.72. The summed E-state index contributed by atoms with van der Waals surface area (Å²) in [6, 6.07) is 19.1. The van der Waals surface area contributed by atoms with Crippen molar-refractivity contribution in [2.24, 2.45) is 0 Å². The zero-order valence-electron chi connectivity index (χ0n) is 14.5. The highest BCUT2D eigenvalue weighted by Gasteiger charge is 2.02. The van der Waals surface area contributed by atoms with Gasteiger partial charge in [-0.2, -0.15) is 0 Å². The van der Waals surface area contributed by atoms with Crippen LogP contribution in [0, 0.1) is 0 Å². The average Bonchev–Trinajstić information content (AvgIpc) is 2.62. The van der Waals surface area contributed by atoms with Gasteiger partial charge in [0.1, 0.15) is 0 Å². The van der Waals surface area contributed by atoms with Gasteiger partial charge in [0.2, 0.25) is 0 Å². The first kappa shape index (κ1) is 18.8. The maximum Gasteiger partial charge on any atom is 0.0540 e. The topological polar surface area (TPSA) is 20.2 Å². The van der Waals surface area contributed by atoms with Crippen molar-refractivity contribution in [2.75, 3.05) is 5.75 Å². The largest absolute Gasteiger partial charge is 0.393 e. The highest BCUT2D eigenvalue weighted by Crippen LogP contribution is 2.21. The normalized spacial score (nSPS) is 12.6. The van der Waals surface area contributed by atoms with Gasteiger partial charge in [-0.1, -0.05) is 74.4 Å². The molecule has 2 aromatic carbocycles. The van der Waals surface area contributed by atoms with Gasteiger partial charge < -0.3 is 5.11 Å². The first-order valence-corrected chi connectivity index (χ1v) is 9.90. The van der Waals surface area contributed by atoms with Crippen LogP contribution in [0.2, 0.25) is 0 Å². The van der Waals surface area contributed by atoms with Crippen molar-refractivity contribution in [1.82, 2.24) is 0 Å². The molecular formula is C22H28OS. The lowest BCUT2D eigenvalue weighted by atomic mass is 10.1. The highest BCUT2D eigenvalue weighted by molar-refractivity contribution is 7.99. The van der Waals surface area contributed by atoms with Crippen LogP contribution in [-0.2, 0) is 0 Å². The van der Waals surface area contributed by atoms with Gasteiger partial charge in [-0.15, -0.1) is 11.8 Å². The van der Waals surface area contributed by atoms with E-state index in [0.717, 1.165) is 31.4 Å². The third-order valence-electron chi connectivity index (χ3n) is 3.97. The van der Waals surface area contributed by atoms with E-state index in [0.29, 0.717) is 0 Å². The van der Waals surface area contributed by atoms with Crippen molar-refractivity contribution < 1.29 is 5.11 Å². The first-order chi connectivity index (χ1) is 11.8. The monoisotopic (exact) mass is 340 g/mol. The van der Waals surface area contributed by atoms with Crippen LogP contribution in [0.4, 0.5) is 0 Å². The van der Waals surface area contributed by atoms with Crippen molar-refractivity contribution in [2.45, 2.75) is 50.0 Å². The van der Waals surface area contributed by atoms with Gasteiger partial charge in [-0.05, 0) is 48.3 Å². The van der Waals surface area contributed by atoms with Crippen LogP contribution >= 0.6 is 11.8 Å². The van der Waals surface area contributed by atoms with Crippen LogP contribution in [0.3, 0.4) is 0 Å². The summed E-state index contributed by atoms with van der Waals surface area (Å²) in [5.74, 6) is 1.12. The Kier molecular flexibility index (Phi) is 8.72. The first-order valence-electron chi connectivity index (χ1n) is 8.92. The van der Waals surface area contributed by atoms with E-state index in [1.165, 1.54) is 22.4 Å². The summed E-state index contributed by atoms with van der Waals surface area (Å²) in [6.45, 7) is 2.12. The minimum absolute atomic E-state index is 0.101. The molecule has 1 N–H and O–H groups in total. The minimum Gasteiger partial charge on any atom is -0.393 e. The molecule has 0 saturated carbocycles. The van der Waals surface area contributed by atoms with E-state index in [2.05, 4.69) is 67.6 Å². The van der Waals surface area contributed by atoms with Crippen LogP contribution in [0.1, 0.15) is 50.2 Å². The molecule has 2 rings (SSSR count). The molecule has 0 aromatic heterocycles. The van der Waals surface area contributed by atoms with E-state index >= 15 is 0 Å². The number of hydrogen-bond donors (Lipinski definition) is 1. The van der Waals surface area contributed by atoms with Gasteiger partial charge in [-0.3, -0.25) is 0 Å². The number of rotatable bonds is 10. The zero-order chi connectivity index (χ0) is 17.0. The zero-order valence-corrected chi connectivity index (χ0v) is 15.3. The molecule has 1 nitrogen and oxygen atoms in total. The lowest BCUT2D eigenvalue weighted by Crippen LogP contribution is -2.05. The standard InChI is InChI=1S/C22H28OS/c1-2-8-21(23)11-6-7-18-24-22-16-14-20(15-17-22)13-12-19-9-4-3-5-10-19/h3-5,9-10,12-17,21,23H,2,6-8,11,18H2,1H3/b13-12+. The van der Waals surface area contributed by atoms with Gasteiger partial charge in [-0.25, -0.2) is 0 Å². The summed E-state index contributed by atoms with van der Waals surface area (Å²) in [5.41, 5.74) is 2.45. The number of aliphatic hydroxyl groups is 1. The highest BCUT2D eigenvalue weighted by atomic mass is 32.2. The van der Waals surface area contributed by atoms with Crippen LogP contribution in [0.5, 0.6) is 0 Å². The Bertz CT molecular complexity index is 589. The van der Waals surface area contributed by atoms with E-state index in [1.807, 2.05) is 17.8 Å². The predicted octanol–water partition coefficient (Wildman–Crippen LogP) is 6.28. The molecule has 0 spiro atoms. The predicted molar refractivity (Wildman–Crippen MR) is 107 cm³/mol. The van der Waals surface area contributed by atoms with Crippen LogP contribution in [0.15, 0.2) is 59.5 Å². The molecule has 24 heavy (non-hydrogen) atoms. The molecule has 2 aromatic rings.